The Balaban J connectivity index is 2.48. The van der Waals surface area contributed by atoms with Gasteiger partial charge in [-0.3, -0.25) is 0 Å². The van der Waals surface area contributed by atoms with Crippen molar-refractivity contribution in [1.82, 2.24) is 0 Å². The van der Waals surface area contributed by atoms with E-state index in [9.17, 15) is 0 Å². The molecule has 2 atom stereocenters. The van der Waals surface area contributed by atoms with Gasteiger partial charge in [0.25, 0.3) is 0 Å². The van der Waals surface area contributed by atoms with Crippen LogP contribution in [0.3, 0.4) is 0 Å². The third kappa shape index (κ3) is 1.96. The second-order valence-electron chi connectivity index (χ2n) is 3.53. The summed E-state index contributed by atoms with van der Waals surface area (Å²) in [7, 11) is 0.430. The van der Waals surface area contributed by atoms with E-state index in [-0.39, 0.29) is 0 Å². The van der Waals surface area contributed by atoms with E-state index in [2.05, 4.69) is 20.8 Å². The minimum absolute atomic E-state index is 0.430. The smallest absolute Gasteiger partial charge is 0.0209 e. The molecule has 1 saturated heterocycles. The fraction of sp³-hybridized carbons (Fsp3) is 1.00. The fourth-order valence-corrected chi connectivity index (χ4v) is 5.94. The SMILES string of the molecule is CCC1CCC(CC)P1CC. The van der Waals surface area contributed by atoms with Gasteiger partial charge in [-0.1, -0.05) is 20.8 Å². The molecule has 1 heterocycles. The molecule has 0 amide bonds. The van der Waals surface area contributed by atoms with Gasteiger partial charge in [0.2, 0.25) is 0 Å². The van der Waals surface area contributed by atoms with E-state index in [4.69, 9.17) is 0 Å². The first-order valence-electron chi connectivity index (χ1n) is 5.09. The van der Waals surface area contributed by atoms with Crippen molar-refractivity contribution in [2.24, 2.45) is 0 Å². The molecule has 1 heteroatoms. The largest absolute Gasteiger partial charge is 0.101 e. The summed E-state index contributed by atoms with van der Waals surface area (Å²) in [6, 6.07) is 0. The monoisotopic (exact) mass is 172 g/mol. The molecule has 0 aromatic carbocycles. The highest BCUT2D eigenvalue weighted by Crippen LogP contribution is 2.57. The minimum atomic E-state index is 0.430. The van der Waals surface area contributed by atoms with Crippen LogP contribution in [0.15, 0.2) is 0 Å². The van der Waals surface area contributed by atoms with Gasteiger partial charge >= 0.3 is 0 Å². The third-order valence-corrected chi connectivity index (χ3v) is 6.93. The van der Waals surface area contributed by atoms with Crippen LogP contribution in [0.4, 0.5) is 0 Å². The summed E-state index contributed by atoms with van der Waals surface area (Å²) in [5.41, 5.74) is 2.25. The summed E-state index contributed by atoms with van der Waals surface area (Å²) in [4.78, 5) is 0. The van der Waals surface area contributed by atoms with E-state index in [0.717, 1.165) is 11.3 Å². The zero-order chi connectivity index (χ0) is 8.27. The molecule has 66 valence electrons. The standard InChI is InChI=1S/C10H21P/c1-4-9-7-8-10(5-2)11(9)6-3/h9-10H,4-8H2,1-3H3. The molecular formula is C10H21P. The van der Waals surface area contributed by atoms with Gasteiger partial charge in [-0.15, -0.1) is 7.92 Å². The average molecular weight is 172 g/mol. The van der Waals surface area contributed by atoms with Gasteiger partial charge in [-0.05, 0) is 43.2 Å². The molecule has 0 radical (unpaired) electrons. The molecule has 0 bridgehead atoms. The van der Waals surface area contributed by atoms with Crippen LogP contribution < -0.4 is 0 Å². The van der Waals surface area contributed by atoms with E-state index in [1.165, 1.54) is 31.8 Å². The second-order valence-corrected chi connectivity index (χ2v) is 6.65. The van der Waals surface area contributed by atoms with Crippen LogP contribution in [-0.4, -0.2) is 17.5 Å². The van der Waals surface area contributed by atoms with E-state index in [1.54, 1.807) is 0 Å². The fourth-order valence-electron chi connectivity index (χ4n) is 2.41. The van der Waals surface area contributed by atoms with Crippen LogP contribution in [0.2, 0.25) is 0 Å². The van der Waals surface area contributed by atoms with Crippen molar-refractivity contribution in [3.05, 3.63) is 0 Å². The van der Waals surface area contributed by atoms with Crippen LogP contribution in [0, 0.1) is 0 Å². The second kappa shape index (κ2) is 4.45. The molecule has 1 aliphatic heterocycles. The van der Waals surface area contributed by atoms with E-state index in [1.807, 2.05) is 0 Å². The van der Waals surface area contributed by atoms with Crippen LogP contribution in [0.5, 0.6) is 0 Å². The van der Waals surface area contributed by atoms with E-state index >= 15 is 0 Å². The molecule has 2 unspecified atom stereocenters. The zero-order valence-electron chi connectivity index (χ0n) is 8.14. The first-order chi connectivity index (χ1) is 5.33. The molecule has 0 nitrogen and oxygen atoms in total. The van der Waals surface area contributed by atoms with E-state index in [0.29, 0.717) is 7.92 Å². The van der Waals surface area contributed by atoms with Gasteiger partial charge in [-0.2, -0.15) is 0 Å². The molecule has 0 aliphatic carbocycles. The molecule has 1 aliphatic rings. The van der Waals surface area contributed by atoms with E-state index < -0.39 is 0 Å². The van der Waals surface area contributed by atoms with Crippen LogP contribution in [0.25, 0.3) is 0 Å². The van der Waals surface area contributed by atoms with Gasteiger partial charge in [0.15, 0.2) is 0 Å². The first-order valence-corrected chi connectivity index (χ1v) is 6.75. The molecule has 0 saturated carbocycles. The minimum Gasteiger partial charge on any atom is -0.101 e. The summed E-state index contributed by atoms with van der Waals surface area (Å²) >= 11 is 0. The number of hydrogen-bond donors (Lipinski definition) is 0. The van der Waals surface area contributed by atoms with Crippen LogP contribution in [-0.2, 0) is 0 Å². The molecule has 0 aromatic heterocycles. The number of hydrogen-bond acceptors (Lipinski definition) is 0. The topological polar surface area (TPSA) is 0 Å². The normalized spacial score (nSPS) is 37.9. The Hall–Kier alpha value is 0.430. The van der Waals surface area contributed by atoms with Crippen molar-refractivity contribution in [3.8, 4) is 0 Å². The van der Waals surface area contributed by atoms with Crippen molar-refractivity contribution in [1.29, 1.82) is 0 Å². The quantitative estimate of drug-likeness (QED) is 0.567. The maximum Gasteiger partial charge on any atom is -0.0209 e. The maximum absolute atomic E-state index is 2.39. The third-order valence-electron chi connectivity index (χ3n) is 3.08. The van der Waals surface area contributed by atoms with Crippen LogP contribution in [0.1, 0.15) is 46.5 Å². The Morgan fingerprint density at radius 1 is 1.00 bits per heavy atom. The molecule has 1 fully saturated rings. The summed E-state index contributed by atoms with van der Waals surface area (Å²) in [6.45, 7) is 7.13. The lowest BCUT2D eigenvalue weighted by Crippen LogP contribution is -2.03. The summed E-state index contributed by atoms with van der Waals surface area (Å²) < 4.78 is 0. The molecule has 0 spiro atoms. The van der Waals surface area contributed by atoms with Crippen LogP contribution >= 0.6 is 7.92 Å². The highest BCUT2D eigenvalue weighted by molar-refractivity contribution is 7.59. The van der Waals surface area contributed by atoms with Crippen molar-refractivity contribution in [2.45, 2.75) is 57.8 Å². The van der Waals surface area contributed by atoms with Crippen molar-refractivity contribution in [2.75, 3.05) is 6.16 Å². The molecule has 0 aromatic rings. The van der Waals surface area contributed by atoms with Crippen molar-refractivity contribution in [3.63, 3.8) is 0 Å². The molecule has 1 rings (SSSR count). The number of rotatable bonds is 3. The van der Waals surface area contributed by atoms with Gasteiger partial charge in [0.05, 0.1) is 0 Å². The lowest BCUT2D eigenvalue weighted by Gasteiger charge is -2.22. The molecular weight excluding hydrogens is 151 g/mol. The Morgan fingerprint density at radius 3 is 1.73 bits per heavy atom. The summed E-state index contributed by atoms with van der Waals surface area (Å²) in [5, 5.41) is 0. The van der Waals surface area contributed by atoms with Gasteiger partial charge in [0.1, 0.15) is 0 Å². The lowest BCUT2D eigenvalue weighted by atomic mass is 10.1. The lowest BCUT2D eigenvalue weighted by molar-refractivity contribution is 0.696. The predicted molar refractivity (Wildman–Crippen MR) is 54.9 cm³/mol. The Bertz CT molecular complexity index is 99.4. The highest BCUT2D eigenvalue weighted by atomic mass is 31.1. The predicted octanol–water partition coefficient (Wildman–Crippen LogP) is 3.84. The van der Waals surface area contributed by atoms with Gasteiger partial charge in [0, 0.05) is 0 Å². The van der Waals surface area contributed by atoms with Crippen molar-refractivity contribution >= 4 is 7.92 Å². The van der Waals surface area contributed by atoms with Gasteiger partial charge in [-0.25, -0.2) is 0 Å². The zero-order valence-corrected chi connectivity index (χ0v) is 9.03. The molecule has 11 heavy (non-hydrogen) atoms. The highest BCUT2D eigenvalue weighted by Gasteiger charge is 2.31. The Kier molecular flexibility index (Phi) is 3.85. The Labute approximate surface area is 72.5 Å². The van der Waals surface area contributed by atoms with Gasteiger partial charge < -0.3 is 0 Å². The average Bonchev–Trinajstić information content (AvgIpc) is 2.45. The summed E-state index contributed by atoms with van der Waals surface area (Å²) in [5.74, 6) is 0. The maximum atomic E-state index is 2.39. The molecule has 0 N–H and O–H groups in total. The Morgan fingerprint density at radius 2 is 1.45 bits per heavy atom. The summed E-state index contributed by atoms with van der Waals surface area (Å²) in [6.07, 6.45) is 7.43. The van der Waals surface area contributed by atoms with Crippen molar-refractivity contribution < 1.29 is 0 Å². The first kappa shape index (κ1) is 9.52.